The van der Waals surface area contributed by atoms with E-state index >= 15 is 0 Å². The van der Waals surface area contributed by atoms with Crippen LogP contribution in [0.4, 0.5) is 29.3 Å². The Morgan fingerprint density at radius 1 is 1.28 bits per heavy atom. The molecule has 4 aromatic heterocycles. The molecule has 39 heavy (non-hydrogen) atoms. The van der Waals surface area contributed by atoms with Crippen molar-refractivity contribution >= 4 is 34.4 Å². The van der Waals surface area contributed by atoms with Gasteiger partial charge >= 0.3 is 0 Å². The molecular weight excluding hydrogens is 524 g/mol. The second kappa shape index (κ2) is 11.3. The Kier molecular flexibility index (Phi) is 8.13. The molecule has 5 rings (SSSR count). The summed E-state index contributed by atoms with van der Waals surface area (Å²) in [6.07, 6.45) is 0.628. The van der Waals surface area contributed by atoms with Crippen LogP contribution in [0.1, 0.15) is 26.2 Å². The van der Waals surface area contributed by atoms with E-state index in [1.54, 1.807) is 12.1 Å². The number of pyridine rings is 1. The number of anilines is 2. The molecule has 5 N–H and O–H groups in total. The Morgan fingerprint density at radius 3 is 2.74 bits per heavy atom. The van der Waals surface area contributed by atoms with Crippen molar-refractivity contribution in [2.45, 2.75) is 44.6 Å². The highest BCUT2D eigenvalue weighted by Gasteiger charge is 2.32. The number of likely N-dealkylation sites (tertiary alicyclic amines) is 1. The van der Waals surface area contributed by atoms with Crippen molar-refractivity contribution in [2.24, 2.45) is 0 Å². The quantitative estimate of drug-likeness (QED) is 0.303. The van der Waals surface area contributed by atoms with E-state index in [2.05, 4.69) is 25.4 Å². The lowest BCUT2D eigenvalue weighted by atomic mass is 9.97. The molecule has 16 heteroatoms. The average Bonchev–Trinajstić information content (AvgIpc) is 3.45. The molecule has 0 radical (unpaired) electrons. The molecule has 0 saturated carbocycles. The van der Waals surface area contributed by atoms with Gasteiger partial charge in [0.1, 0.15) is 36.2 Å². The van der Waals surface area contributed by atoms with E-state index in [0.29, 0.717) is 30.6 Å². The summed E-state index contributed by atoms with van der Waals surface area (Å²) in [7, 11) is 0. The number of fused-ring (bicyclic) bond motifs is 2. The van der Waals surface area contributed by atoms with E-state index in [9.17, 15) is 22.4 Å². The molecule has 1 saturated heterocycles. The number of aryl methyl sites for hydroxylation is 1. The maximum Gasteiger partial charge on any atom is 0.248 e. The standard InChI is InChI=1S/C15H14F3N9.C8H14FNO2/c16-5-7(17)3-4-26-14-10(23-25-26)2-1-9(21-14)11-8(18)6-27-12(11)13(19)22-15(20)24-27;1-8(9)3-2-4-10(6-8)7(12)5-11/h1-2,6-7H,3-5H2,(H4,19,20,22,24);11H,2-6H2,1H3. The van der Waals surface area contributed by atoms with Gasteiger partial charge < -0.3 is 21.5 Å². The number of aliphatic hydroxyl groups excluding tert-OH is 1. The first-order valence-electron chi connectivity index (χ1n) is 12.1. The van der Waals surface area contributed by atoms with Crippen molar-refractivity contribution < 1.29 is 27.5 Å². The third-order valence-electron chi connectivity index (χ3n) is 6.20. The lowest BCUT2D eigenvalue weighted by Gasteiger charge is -2.34. The lowest BCUT2D eigenvalue weighted by Crippen LogP contribution is -2.47. The maximum absolute atomic E-state index is 14.6. The van der Waals surface area contributed by atoms with Gasteiger partial charge in [0.05, 0.1) is 24.0 Å². The number of carbonyl (C=O) groups is 1. The minimum absolute atomic E-state index is 0.00172. The van der Waals surface area contributed by atoms with Gasteiger partial charge in [0, 0.05) is 19.5 Å². The minimum Gasteiger partial charge on any atom is -0.387 e. The molecule has 0 aliphatic carbocycles. The number of halogens is 4. The maximum atomic E-state index is 14.6. The molecule has 0 bridgehead atoms. The number of aliphatic hydroxyl groups is 1. The molecule has 1 aliphatic rings. The Hall–Kier alpha value is -4.08. The summed E-state index contributed by atoms with van der Waals surface area (Å²) in [5.74, 6) is -1.09. The van der Waals surface area contributed by atoms with Crippen molar-refractivity contribution in [3.63, 3.8) is 0 Å². The second-order valence-electron chi connectivity index (χ2n) is 9.38. The first-order chi connectivity index (χ1) is 18.5. The van der Waals surface area contributed by atoms with Crippen LogP contribution in [-0.4, -0.2) is 88.7 Å². The smallest absolute Gasteiger partial charge is 0.248 e. The van der Waals surface area contributed by atoms with Gasteiger partial charge in [0.15, 0.2) is 17.3 Å². The highest BCUT2D eigenvalue weighted by Crippen LogP contribution is 2.31. The Balaban J connectivity index is 0.000000247. The number of rotatable bonds is 6. The van der Waals surface area contributed by atoms with Crippen LogP contribution in [0.2, 0.25) is 0 Å². The molecule has 0 spiro atoms. The van der Waals surface area contributed by atoms with E-state index in [-0.39, 0.29) is 54.0 Å². The summed E-state index contributed by atoms with van der Waals surface area (Å²) in [5.41, 5.74) is 11.4. The minimum atomic E-state index is -1.59. The third-order valence-corrected chi connectivity index (χ3v) is 6.20. The third kappa shape index (κ3) is 6.16. The predicted octanol–water partition coefficient (Wildman–Crippen LogP) is 1.87. The molecule has 1 aliphatic heterocycles. The van der Waals surface area contributed by atoms with E-state index in [0.717, 1.165) is 6.20 Å². The number of piperidine rings is 1. The van der Waals surface area contributed by atoms with Crippen molar-refractivity contribution in [3.8, 4) is 11.3 Å². The van der Waals surface area contributed by atoms with Crippen molar-refractivity contribution in [2.75, 3.05) is 37.8 Å². The number of hydrogen-bond acceptors (Lipinski definition) is 9. The monoisotopic (exact) mass is 552 g/mol. The topological polar surface area (TPSA) is 166 Å². The number of nitrogens with zero attached hydrogens (tertiary/aromatic N) is 8. The number of nitrogens with two attached hydrogens (primary N) is 2. The van der Waals surface area contributed by atoms with Crippen LogP contribution < -0.4 is 11.5 Å². The van der Waals surface area contributed by atoms with E-state index in [1.807, 2.05) is 0 Å². The number of aromatic nitrogens is 7. The van der Waals surface area contributed by atoms with Gasteiger partial charge in [-0.05, 0) is 31.9 Å². The van der Waals surface area contributed by atoms with Crippen LogP contribution >= 0.6 is 0 Å². The van der Waals surface area contributed by atoms with E-state index in [1.165, 1.54) is 21.0 Å². The van der Waals surface area contributed by atoms with E-state index in [4.69, 9.17) is 16.6 Å². The Morgan fingerprint density at radius 2 is 2.05 bits per heavy atom. The molecular formula is C23H28F4N10O2. The van der Waals surface area contributed by atoms with Gasteiger partial charge in [-0.1, -0.05) is 5.21 Å². The van der Waals surface area contributed by atoms with Gasteiger partial charge in [-0.2, -0.15) is 4.98 Å². The zero-order chi connectivity index (χ0) is 28.3. The summed E-state index contributed by atoms with van der Waals surface area (Å²) in [6.45, 7) is 0.666. The van der Waals surface area contributed by atoms with Crippen LogP contribution in [0.5, 0.6) is 0 Å². The molecule has 0 aromatic carbocycles. The number of hydrogen-bond donors (Lipinski definition) is 3. The van der Waals surface area contributed by atoms with E-state index < -0.39 is 30.9 Å². The van der Waals surface area contributed by atoms with Gasteiger partial charge in [-0.25, -0.2) is 31.7 Å². The summed E-state index contributed by atoms with van der Waals surface area (Å²) in [6, 6.07) is 3.15. The van der Waals surface area contributed by atoms with Crippen LogP contribution in [-0.2, 0) is 11.3 Å². The van der Waals surface area contributed by atoms with Gasteiger partial charge in [-0.3, -0.25) is 4.79 Å². The van der Waals surface area contributed by atoms with Crippen molar-refractivity contribution in [1.82, 2.24) is 39.5 Å². The largest absolute Gasteiger partial charge is 0.387 e. The first-order valence-corrected chi connectivity index (χ1v) is 12.1. The summed E-state index contributed by atoms with van der Waals surface area (Å²) in [4.78, 5) is 20.6. The second-order valence-corrected chi connectivity index (χ2v) is 9.38. The SMILES string of the molecule is CC1(F)CCCN(C(=O)CO)C1.Nc1nc(N)c2c(-c3ccc4nnn(CCC(F)CF)c4n3)c(F)cn2n1. The van der Waals surface area contributed by atoms with Gasteiger partial charge in [0.2, 0.25) is 11.9 Å². The number of alkyl halides is 3. The van der Waals surface area contributed by atoms with Gasteiger partial charge in [0.25, 0.3) is 0 Å². The number of carbonyl (C=O) groups excluding carboxylic acids is 1. The highest BCUT2D eigenvalue weighted by molar-refractivity contribution is 5.88. The predicted molar refractivity (Wildman–Crippen MR) is 134 cm³/mol. The molecule has 2 atom stereocenters. The molecule has 12 nitrogen and oxygen atoms in total. The van der Waals surface area contributed by atoms with Crippen molar-refractivity contribution in [1.29, 1.82) is 0 Å². The molecule has 4 aromatic rings. The lowest BCUT2D eigenvalue weighted by molar-refractivity contribution is -0.138. The number of amides is 1. The molecule has 1 amide bonds. The highest BCUT2D eigenvalue weighted by atomic mass is 19.2. The molecule has 2 unspecified atom stereocenters. The zero-order valence-corrected chi connectivity index (χ0v) is 21.1. The van der Waals surface area contributed by atoms with Crippen LogP contribution in [0.15, 0.2) is 18.3 Å². The Labute approximate surface area is 219 Å². The average molecular weight is 553 g/mol. The molecule has 1 fully saturated rings. The summed E-state index contributed by atoms with van der Waals surface area (Å²) >= 11 is 0. The summed E-state index contributed by atoms with van der Waals surface area (Å²) < 4.78 is 56.0. The fourth-order valence-electron chi connectivity index (χ4n) is 4.33. The fraction of sp³-hybridized carbons (Fsp3) is 0.478. The first kappa shape index (κ1) is 27.9. The van der Waals surface area contributed by atoms with Gasteiger partial charge in [-0.15, -0.1) is 10.2 Å². The Bertz CT molecular complexity index is 1470. The fourth-order valence-corrected chi connectivity index (χ4v) is 4.33. The van der Waals surface area contributed by atoms with Crippen molar-refractivity contribution in [3.05, 3.63) is 24.1 Å². The number of nitrogen functional groups attached to an aromatic ring is 2. The summed E-state index contributed by atoms with van der Waals surface area (Å²) in [5, 5.41) is 20.3. The zero-order valence-electron chi connectivity index (χ0n) is 21.1. The van der Waals surface area contributed by atoms with Crippen LogP contribution in [0.3, 0.4) is 0 Å². The van der Waals surface area contributed by atoms with Crippen LogP contribution in [0, 0.1) is 5.82 Å². The molecule has 210 valence electrons. The molecule has 5 heterocycles. The van der Waals surface area contributed by atoms with Crippen LogP contribution in [0.25, 0.3) is 27.9 Å². The normalized spacial score (nSPS) is 18.3.